The van der Waals surface area contributed by atoms with Gasteiger partial charge < -0.3 is 5.32 Å². The summed E-state index contributed by atoms with van der Waals surface area (Å²) in [6, 6.07) is 4.11. The van der Waals surface area contributed by atoms with Crippen LogP contribution in [0.4, 0.5) is 0 Å². The molecule has 2 heterocycles. The summed E-state index contributed by atoms with van der Waals surface area (Å²) in [6.07, 6.45) is 1.94. The Balaban J connectivity index is 2.31. The molecule has 0 aliphatic carbocycles. The summed E-state index contributed by atoms with van der Waals surface area (Å²) in [5.74, 6) is 0. The highest BCUT2D eigenvalue weighted by molar-refractivity contribution is 7.03. The van der Waals surface area contributed by atoms with Crippen LogP contribution in [0.1, 0.15) is 17.4 Å². The molecule has 0 aliphatic rings. The lowest BCUT2D eigenvalue weighted by molar-refractivity contribution is 0.633. The van der Waals surface area contributed by atoms with Gasteiger partial charge in [-0.1, -0.05) is 0 Å². The van der Waals surface area contributed by atoms with Crippen LogP contribution in [0.15, 0.2) is 23.7 Å². The topological polar surface area (TPSA) is 42.7 Å². The molecule has 2 aromatic rings. The summed E-state index contributed by atoms with van der Waals surface area (Å²) in [7, 11) is 3.83. The van der Waals surface area contributed by atoms with Crippen molar-refractivity contribution < 1.29 is 0 Å². The SMILES string of the molecule is CNC(c1ccsn1)c1ccn(C)n1. The van der Waals surface area contributed by atoms with Crippen molar-refractivity contribution in [2.75, 3.05) is 7.05 Å². The normalized spacial score (nSPS) is 13.0. The highest BCUT2D eigenvalue weighted by Crippen LogP contribution is 2.18. The second kappa shape index (κ2) is 3.89. The van der Waals surface area contributed by atoms with Gasteiger partial charge in [-0.15, -0.1) is 0 Å². The number of aryl methyl sites for hydroxylation is 1. The van der Waals surface area contributed by atoms with Gasteiger partial charge in [0.2, 0.25) is 0 Å². The molecule has 2 rings (SSSR count). The monoisotopic (exact) mass is 208 g/mol. The van der Waals surface area contributed by atoms with E-state index in [0.717, 1.165) is 11.4 Å². The molecule has 74 valence electrons. The van der Waals surface area contributed by atoms with Crippen molar-refractivity contribution in [3.8, 4) is 0 Å². The molecule has 14 heavy (non-hydrogen) atoms. The molecular weight excluding hydrogens is 196 g/mol. The Kier molecular flexibility index (Phi) is 2.60. The van der Waals surface area contributed by atoms with Gasteiger partial charge in [-0.25, -0.2) is 0 Å². The molecule has 0 amide bonds. The molecular formula is C9H12N4S. The van der Waals surface area contributed by atoms with Gasteiger partial charge in [-0.05, 0) is 30.7 Å². The average molecular weight is 208 g/mol. The smallest absolute Gasteiger partial charge is 0.0952 e. The summed E-state index contributed by atoms with van der Waals surface area (Å²) >= 11 is 1.46. The average Bonchev–Trinajstić information content (AvgIpc) is 2.79. The van der Waals surface area contributed by atoms with E-state index in [0.29, 0.717) is 0 Å². The third-order valence-electron chi connectivity index (χ3n) is 2.07. The maximum atomic E-state index is 4.36. The van der Waals surface area contributed by atoms with E-state index in [9.17, 15) is 0 Å². The fraction of sp³-hybridized carbons (Fsp3) is 0.333. The lowest BCUT2D eigenvalue weighted by Gasteiger charge is -2.09. The first kappa shape index (κ1) is 9.36. The summed E-state index contributed by atoms with van der Waals surface area (Å²) in [5, 5.41) is 9.53. The van der Waals surface area contributed by atoms with Crippen LogP contribution in [-0.4, -0.2) is 21.2 Å². The highest BCUT2D eigenvalue weighted by Gasteiger charge is 2.15. The zero-order valence-electron chi connectivity index (χ0n) is 8.14. The van der Waals surface area contributed by atoms with Crippen LogP contribution in [0.5, 0.6) is 0 Å². The molecule has 2 aromatic heterocycles. The first-order valence-corrected chi connectivity index (χ1v) is 5.22. The van der Waals surface area contributed by atoms with E-state index in [2.05, 4.69) is 14.8 Å². The molecule has 1 unspecified atom stereocenters. The van der Waals surface area contributed by atoms with E-state index in [-0.39, 0.29) is 6.04 Å². The number of nitrogens with zero attached hydrogens (tertiary/aromatic N) is 3. The maximum absolute atomic E-state index is 4.36. The first-order chi connectivity index (χ1) is 6.81. The third-order valence-corrected chi connectivity index (χ3v) is 2.65. The number of rotatable bonds is 3. The standard InChI is InChI=1S/C9H12N4S/c1-10-9(8-4-6-14-12-8)7-3-5-13(2)11-7/h3-6,9-10H,1-2H3. The predicted octanol–water partition coefficient (Wildman–Crippen LogP) is 1.19. The minimum absolute atomic E-state index is 0.0995. The van der Waals surface area contributed by atoms with Crippen molar-refractivity contribution in [2.24, 2.45) is 7.05 Å². The summed E-state index contributed by atoms with van der Waals surface area (Å²) < 4.78 is 6.10. The van der Waals surface area contributed by atoms with Gasteiger partial charge in [0.05, 0.1) is 17.4 Å². The minimum atomic E-state index is 0.0995. The zero-order chi connectivity index (χ0) is 9.97. The van der Waals surface area contributed by atoms with Crippen molar-refractivity contribution >= 4 is 11.5 Å². The Morgan fingerprint density at radius 3 is 2.79 bits per heavy atom. The van der Waals surface area contributed by atoms with E-state index < -0.39 is 0 Å². The molecule has 5 heteroatoms. The van der Waals surface area contributed by atoms with Crippen molar-refractivity contribution in [3.63, 3.8) is 0 Å². The second-order valence-electron chi connectivity index (χ2n) is 3.06. The lowest BCUT2D eigenvalue weighted by atomic mass is 10.1. The Morgan fingerprint density at radius 1 is 1.43 bits per heavy atom. The second-order valence-corrected chi connectivity index (χ2v) is 3.73. The zero-order valence-corrected chi connectivity index (χ0v) is 8.95. The number of nitrogens with one attached hydrogen (secondary N) is 1. The molecule has 0 radical (unpaired) electrons. The molecule has 1 atom stereocenters. The largest absolute Gasteiger partial charge is 0.307 e. The molecule has 0 aliphatic heterocycles. The van der Waals surface area contributed by atoms with Crippen molar-refractivity contribution in [1.29, 1.82) is 0 Å². The Hall–Kier alpha value is -1.20. The van der Waals surface area contributed by atoms with Gasteiger partial charge >= 0.3 is 0 Å². The van der Waals surface area contributed by atoms with Gasteiger partial charge in [0.1, 0.15) is 0 Å². The minimum Gasteiger partial charge on any atom is -0.307 e. The van der Waals surface area contributed by atoms with E-state index in [1.807, 2.05) is 37.8 Å². The van der Waals surface area contributed by atoms with Crippen molar-refractivity contribution in [3.05, 3.63) is 35.1 Å². The lowest BCUT2D eigenvalue weighted by Crippen LogP contribution is -2.18. The molecule has 0 saturated carbocycles. The highest BCUT2D eigenvalue weighted by atomic mass is 32.1. The molecule has 0 bridgehead atoms. The number of aromatic nitrogens is 3. The fourth-order valence-corrected chi connectivity index (χ4v) is 1.95. The molecule has 0 aromatic carbocycles. The predicted molar refractivity (Wildman–Crippen MR) is 56.2 cm³/mol. The number of hydrogen-bond donors (Lipinski definition) is 1. The Bertz CT molecular complexity index is 393. The van der Waals surface area contributed by atoms with Gasteiger partial charge in [0.25, 0.3) is 0 Å². The van der Waals surface area contributed by atoms with Crippen LogP contribution in [-0.2, 0) is 7.05 Å². The molecule has 0 fully saturated rings. The van der Waals surface area contributed by atoms with Gasteiger partial charge in [0, 0.05) is 18.6 Å². The first-order valence-electron chi connectivity index (χ1n) is 4.38. The molecule has 0 spiro atoms. The van der Waals surface area contributed by atoms with Gasteiger partial charge in [-0.3, -0.25) is 4.68 Å². The van der Waals surface area contributed by atoms with E-state index in [4.69, 9.17) is 0 Å². The van der Waals surface area contributed by atoms with Crippen LogP contribution < -0.4 is 5.32 Å². The fourth-order valence-electron chi connectivity index (χ4n) is 1.41. The quantitative estimate of drug-likeness (QED) is 0.823. The molecule has 1 N–H and O–H groups in total. The Labute approximate surface area is 86.7 Å². The van der Waals surface area contributed by atoms with Crippen LogP contribution in [0.3, 0.4) is 0 Å². The molecule has 4 nitrogen and oxygen atoms in total. The van der Waals surface area contributed by atoms with Gasteiger partial charge in [0.15, 0.2) is 0 Å². The van der Waals surface area contributed by atoms with Crippen LogP contribution in [0.2, 0.25) is 0 Å². The van der Waals surface area contributed by atoms with Crippen molar-refractivity contribution in [2.45, 2.75) is 6.04 Å². The summed E-state index contributed by atoms with van der Waals surface area (Å²) in [6.45, 7) is 0. The van der Waals surface area contributed by atoms with Gasteiger partial charge in [-0.2, -0.15) is 9.47 Å². The Morgan fingerprint density at radius 2 is 2.29 bits per heavy atom. The number of hydrogen-bond acceptors (Lipinski definition) is 4. The van der Waals surface area contributed by atoms with E-state index >= 15 is 0 Å². The van der Waals surface area contributed by atoms with E-state index in [1.54, 1.807) is 4.68 Å². The maximum Gasteiger partial charge on any atom is 0.0952 e. The summed E-state index contributed by atoms with van der Waals surface area (Å²) in [4.78, 5) is 0. The van der Waals surface area contributed by atoms with Crippen LogP contribution >= 0.6 is 11.5 Å². The molecule has 0 saturated heterocycles. The third kappa shape index (κ3) is 1.69. The van der Waals surface area contributed by atoms with Crippen LogP contribution in [0, 0.1) is 0 Å². The summed E-state index contributed by atoms with van der Waals surface area (Å²) in [5.41, 5.74) is 2.03. The van der Waals surface area contributed by atoms with Crippen LogP contribution in [0.25, 0.3) is 0 Å². The van der Waals surface area contributed by atoms with E-state index in [1.165, 1.54) is 11.5 Å². The van der Waals surface area contributed by atoms with Crippen molar-refractivity contribution in [1.82, 2.24) is 19.5 Å².